The van der Waals surface area contributed by atoms with E-state index in [2.05, 4.69) is 10.3 Å². The zero-order valence-corrected chi connectivity index (χ0v) is 14.2. The molecule has 23 heavy (non-hydrogen) atoms. The summed E-state index contributed by atoms with van der Waals surface area (Å²) in [4.78, 5) is 16.3. The van der Waals surface area contributed by atoms with E-state index in [1.54, 1.807) is 16.7 Å². The Morgan fingerprint density at radius 3 is 3.04 bits per heavy atom. The van der Waals surface area contributed by atoms with E-state index in [0.717, 1.165) is 18.4 Å². The molecule has 0 bridgehead atoms. The summed E-state index contributed by atoms with van der Waals surface area (Å²) in [6.07, 6.45) is 5.65. The van der Waals surface area contributed by atoms with E-state index in [9.17, 15) is 13.2 Å². The Hall–Kier alpha value is -1.47. The van der Waals surface area contributed by atoms with Crippen molar-refractivity contribution >= 4 is 15.9 Å². The molecule has 1 amide bonds. The number of hydrogen-bond donors (Lipinski definition) is 1. The Morgan fingerprint density at radius 2 is 2.35 bits per heavy atom. The monoisotopic (exact) mass is 337 g/mol. The number of rotatable bonds is 6. The third-order valence-electron chi connectivity index (χ3n) is 4.90. The van der Waals surface area contributed by atoms with Gasteiger partial charge in [0.05, 0.1) is 5.75 Å². The molecule has 2 aliphatic rings. The van der Waals surface area contributed by atoms with Gasteiger partial charge in [0, 0.05) is 37.9 Å². The maximum Gasteiger partial charge on any atom is 0.224 e. The highest BCUT2D eigenvalue weighted by Gasteiger charge is 2.61. The third kappa shape index (κ3) is 3.40. The molecule has 2 atom stereocenters. The van der Waals surface area contributed by atoms with Crippen molar-refractivity contribution in [2.75, 3.05) is 18.8 Å². The van der Waals surface area contributed by atoms with E-state index in [-0.39, 0.29) is 23.0 Å². The highest BCUT2D eigenvalue weighted by molar-refractivity contribution is 7.89. The van der Waals surface area contributed by atoms with Crippen molar-refractivity contribution in [3.8, 4) is 0 Å². The van der Waals surface area contributed by atoms with Gasteiger partial charge in [-0.05, 0) is 36.3 Å². The maximum atomic E-state index is 12.3. The van der Waals surface area contributed by atoms with Gasteiger partial charge in [-0.1, -0.05) is 13.0 Å². The third-order valence-corrected chi connectivity index (χ3v) is 6.92. The van der Waals surface area contributed by atoms with Crippen molar-refractivity contribution < 1.29 is 13.2 Å². The maximum absolute atomic E-state index is 12.3. The number of nitrogens with zero attached hydrogens (tertiary/aromatic N) is 2. The largest absolute Gasteiger partial charge is 0.352 e. The van der Waals surface area contributed by atoms with E-state index in [1.165, 1.54) is 0 Å². The first-order valence-electron chi connectivity index (χ1n) is 8.11. The van der Waals surface area contributed by atoms with Gasteiger partial charge < -0.3 is 5.32 Å². The normalized spacial score (nSPS) is 27.3. The molecule has 2 fully saturated rings. The molecule has 1 saturated carbocycles. The number of carbonyl (C=O) groups is 1. The van der Waals surface area contributed by atoms with Crippen molar-refractivity contribution in [1.82, 2.24) is 14.6 Å². The van der Waals surface area contributed by atoms with Crippen LogP contribution in [0.3, 0.4) is 0 Å². The first-order valence-corrected chi connectivity index (χ1v) is 9.72. The van der Waals surface area contributed by atoms with E-state index in [0.29, 0.717) is 26.1 Å². The lowest BCUT2D eigenvalue weighted by Gasteiger charge is -2.16. The second kappa shape index (κ2) is 6.20. The molecule has 7 heteroatoms. The Kier molecular flexibility index (Phi) is 4.42. The number of hydrogen-bond acceptors (Lipinski definition) is 4. The minimum absolute atomic E-state index is 0.0311. The summed E-state index contributed by atoms with van der Waals surface area (Å²) in [5, 5.41) is 2.94. The second-order valence-electron chi connectivity index (χ2n) is 6.60. The molecule has 1 aromatic rings. The molecule has 1 aliphatic carbocycles. The Bertz CT molecular complexity index is 677. The first-order chi connectivity index (χ1) is 11.0. The van der Waals surface area contributed by atoms with Crippen LogP contribution < -0.4 is 5.32 Å². The van der Waals surface area contributed by atoms with Gasteiger partial charge in [0.15, 0.2) is 0 Å². The number of pyridine rings is 1. The smallest absolute Gasteiger partial charge is 0.224 e. The number of aromatic nitrogens is 1. The Morgan fingerprint density at radius 1 is 1.52 bits per heavy atom. The fraction of sp³-hybridized carbons (Fsp3) is 0.625. The molecule has 6 nitrogen and oxygen atoms in total. The van der Waals surface area contributed by atoms with Gasteiger partial charge in [-0.15, -0.1) is 0 Å². The predicted molar refractivity (Wildman–Crippen MR) is 86.9 cm³/mol. The number of amides is 1. The minimum Gasteiger partial charge on any atom is -0.352 e. The molecule has 0 unspecified atom stereocenters. The standard InChI is InChI=1S/C16H23N3O3S/c1-2-8-23(21,22)19-7-5-16(12-19)9-14(16)15(20)18-11-13-4-3-6-17-10-13/h3-4,6,10,14H,2,5,7-9,11-12H2,1H3,(H,18,20)/t14-,16+/m0/s1. The lowest BCUT2D eigenvalue weighted by Crippen LogP contribution is -2.32. The summed E-state index contributed by atoms with van der Waals surface area (Å²) in [5.74, 6) is 0.172. The molecular formula is C16H23N3O3S. The Balaban J connectivity index is 1.54. The summed E-state index contributed by atoms with van der Waals surface area (Å²) < 4.78 is 25.9. The Labute approximate surface area is 137 Å². The summed E-state index contributed by atoms with van der Waals surface area (Å²) in [5.41, 5.74) is 0.842. The fourth-order valence-electron chi connectivity index (χ4n) is 3.47. The van der Waals surface area contributed by atoms with Crippen LogP contribution >= 0.6 is 0 Å². The van der Waals surface area contributed by atoms with Crippen molar-refractivity contribution in [2.24, 2.45) is 11.3 Å². The number of nitrogens with one attached hydrogen (secondary N) is 1. The highest BCUT2D eigenvalue weighted by atomic mass is 32.2. The van der Waals surface area contributed by atoms with Gasteiger partial charge >= 0.3 is 0 Å². The lowest BCUT2D eigenvalue weighted by molar-refractivity contribution is -0.123. The van der Waals surface area contributed by atoms with Crippen LogP contribution in [0, 0.1) is 11.3 Å². The molecule has 1 saturated heterocycles. The summed E-state index contributed by atoms with van der Waals surface area (Å²) in [7, 11) is -3.15. The van der Waals surface area contributed by atoms with Crippen LogP contribution in [-0.4, -0.2) is 42.5 Å². The second-order valence-corrected chi connectivity index (χ2v) is 8.69. The molecule has 1 aliphatic heterocycles. The summed E-state index contributed by atoms with van der Waals surface area (Å²) in [6.45, 7) is 3.39. The molecule has 2 heterocycles. The first kappa shape index (κ1) is 16.4. The van der Waals surface area contributed by atoms with Crippen molar-refractivity contribution in [3.63, 3.8) is 0 Å². The molecule has 1 aromatic heterocycles. The van der Waals surface area contributed by atoms with E-state index in [4.69, 9.17) is 0 Å². The zero-order chi connectivity index (χ0) is 16.5. The van der Waals surface area contributed by atoms with Crippen molar-refractivity contribution in [2.45, 2.75) is 32.7 Å². The van der Waals surface area contributed by atoms with Gasteiger partial charge in [0.2, 0.25) is 15.9 Å². The van der Waals surface area contributed by atoms with E-state index in [1.807, 2.05) is 19.1 Å². The average molecular weight is 337 g/mol. The molecule has 0 aromatic carbocycles. The number of sulfonamides is 1. The van der Waals surface area contributed by atoms with Crippen LogP contribution in [0.25, 0.3) is 0 Å². The molecule has 1 spiro atoms. The minimum atomic E-state index is -3.15. The summed E-state index contributed by atoms with van der Waals surface area (Å²) in [6, 6.07) is 3.76. The molecule has 1 N–H and O–H groups in total. The van der Waals surface area contributed by atoms with Crippen LogP contribution in [0.5, 0.6) is 0 Å². The summed E-state index contributed by atoms with van der Waals surface area (Å²) >= 11 is 0. The predicted octanol–water partition coefficient (Wildman–Crippen LogP) is 1.15. The topological polar surface area (TPSA) is 79.4 Å². The van der Waals surface area contributed by atoms with Gasteiger partial charge in [0.25, 0.3) is 0 Å². The highest BCUT2D eigenvalue weighted by Crippen LogP contribution is 2.58. The zero-order valence-electron chi connectivity index (χ0n) is 13.4. The van der Waals surface area contributed by atoms with Crippen LogP contribution in [0.2, 0.25) is 0 Å². The van der Waals surface area contributed by atoms with E-state index >= 15 is 0 Å². The molecule has 3 rings (SSSR count). The number of carbonyl (C=O) groups excluding carboxylic acids is 1. The molecule has 126 valence electrons. The van der Waals surface area contributed by atoms with Crippen LogP contribution in [0.1, 0.15) is 31.7 Å². The van der Waals surface area contributed by atoms with Gasteiger partial charge in [0.1, 0.15) is 0 Å². The van der Waals surface area contributed by atoms with Crippen LogP contribution in [0.4, 0.5) is 0 Å². The molecular weight excluding hydrogens is 314 g/mol. The van der Waals surface area contributed by atoms with Gasteiger partial charge in [-0.3, -0.25) is 9.78 Å². The van der Waals surface area contributed by atoms with Crippen LogP contribution in [-0.2, 0) is 21.4 Å². The van der Waals surface area contributed by atoms with Gasteiger partial charge in [-0.25, -0.2) is 12.7 Å². The quantitative estimate of drug-likeness (QED) is 0.844. The van der Waals surface area contributed by atoms with Crippen molar-refractivity contribution in [3.05, 3.63) is 30.1 Å². The van der Waals surface area contributed by atoms with Crippen molar-refractivity contribution in [1.29, 1.82) is 0 Å². The average Bonchev–Trinajstić information content (AvgIpc) is 3.05. The van der Waals surface area contributed by atoms with Gasteiger partial charge in [-0.2, -0.15) is 0 Å². The van der Waals surface area contributed by atoms with E-state index < -0.39 is 10.0 Å². The SMILES string of the molecule is CCCS(=O)(=O)N1CC[C@@]2(C[C@H]2C(=O)NCc2cccnc2)C1. The lowest BCUT2D eigenvalue weighted by atomic mass is 10.0. The molecule has 0 radical (unpaired) electrons. The van der Waals surface area contributed by atoms with Crippen LogP contribution in [0.15, 0.2) is 24.5 Å². The fourth-order valence-corrected chi connectivity index (χ4v) is 5.06.